The number of anilines is 1. The fraction of sp³-hybridized carbons (Fsp3) is 0.0833. The summed E-state index contributed by atoms with van der Waals surface area (Å²) in [5.74, 6) is -1.55. The Kier molecular flexibility index (Phi) is 3.76. The number of hydrogen-bond acceptors (Lipinski definition) is 5. The Labute approximate surface area is 112 Å². The highest BCUT2D eigenvalue weighted by Crippen LogP contribution is 2.24. The Morgan fingerprint density at radius 1 is 1.42 bits per heavy atom. The zero-order valence-electron chi connectivity index (χ0n) is 9.91. The predicted molar refractivity (Wildman–Crippen MR) is 70.0 cm³/mol. The van der Waals surface area contributed by atoms with Crippen molar-refractivity contribution in [2.24, 2.45) is 0 Å². The molecular weight excluding hydrogens is 268 g/mol. The lowest BCUT2D eigenvalue weighted by atomic mass is 10.1. The van der Waals surface area contributed by atoms with Gasteiger partial charge in [-0.2, -0.15) is 0 Å². The molecule has 2 aromatic rings. The average Bonchev–Trinajstić information content (AvgIpc) is 2.90. The van der Waals surface area contributed by atoms with Crippen molar-refractivity contribution in [3.63, 3.8) is 0 Å². The van der Waals surface area contributed by atoms with Crippen LogP contribution in [0.5, 0.6) is 5.75 Å². The second kappa shape index (κ2) is 5.49. The summed E-state index contributed by atoms with van der Waals surface area (Å²) in [6.07, 6.45) is 1.54. The lowest BCUT2D eigenvalue weighted by Gasteiger charge is -2.10. The molecule has 1 heterocycles. The van der Waals surface area contributed by atoms with Crippen molar-refractivity contribution in [2.75, 3.05) is 12.4 Å². The zero-order chi connectivity index (χ0) is 13.8. The first kappa shape index (κ1) is 13.0. The first-order chi connectivity index (χ1) is 9.13. The summed E-state index contributed by atoms with van der Waals surface area (Å²) in [5.41, 5.74) is -0.138. The molecule has 0 fully saturated rings. The Bertz CT molecular complexity index is 610. The van der Waals surface area contributed by atoms with Crippen LogP contribution in [0.2, 0.25) is 0 Å². The highest BCUT2D eigenvalue weighted by Gasteiger charge is 2.21. The van der Waals surface area contributed by atoms with Crippen LogP contribution >= 0.6 is 11.3 Å². The summed E-state index contributed by atoms with van der Waals surface area (Å²) in [5, 5.41) is 13.7. The van der Waals surface area contributed by atoms with E-state index in [9.17, 15) is 9.59 Å². The first-order valence-corrected chi connectivity index (χ1v) is 6.12. The van der Waals surface area contributed by atoms with Crippen LogP contribution in [0.1, 0.15) is 20.7 Å². The quantitative estimate of drug-likeness (QED) is 0.894. The highest BCUT2D eigenvalue weighted by molar-refractivity contribution is 7.13. The second-order valence-electron chi connectivity index (χ2n) is 3.48. The molecule has 7 heteroatoms. The molecule has 1 aromatic carbocycles. The number of hydrogen-bond donors (Lipinski definition) is 2. The topological polar surface area (TPSA) is 88.5 Å². The van der Waals surface area contributed by atoms with Gasteiger partial charge in [0.2, 0.25) is 0 Å². The number of rotatable bonds is 4. The van der Waals surface area contributed by atoms with Gasteiger partial charge in [0.1, 0.15) is 5.75 Å². The fourth-order valence-corrected chi connectivity index (χ4v) is 2.08. The van der Waals surface area contributed by atoms with E-state index < -0.39 is 11.9 Å². The lowest BCUT2D eigenvalue weighted by Crippen LogP contribution is -2.17. The van der Waals surface area contributed by atoms with Gasteiger partial charge in [0, 0.05) is 11.6 Å². The number of ether oxygens (including phenoxy) is 1. The molecule has 0 aliphatic carbocycles. The van der Waals surface area contributed by atoms with Gasteiger partial charge >= 0.3 is 5.97 Å². The van der Waals surface area contributed by atoms with Crippen LogP contribution in [0, 0.1) is 0 Å². The molecule has 0 unspecified atom stereocenters. The molecule has 2 N–H and O–H groups in total. The number of aromatic nitrogens is 1. The number of nitrogens with zero attached hydrogens (tertiary/aromatic N) is 1. The van der Waals surface area contributed by atoms with Crippen molar-refractivity contribution in [2.45, 2.75) is 0 Å². The minimum atomic E-state index is -1.19. The van der Waals surface area contributed by atoms with Gasteiger partial charge in [-0.1, -0.05) is 6.07 Å². The molecule has 0 saturated carbocycles. The van der Waals surface area contributed by atoms with Crippen molar-refractivity contribution >= 4 is 28.3 Å². The number of nitrogens with one attached hydrogen (secondary N) is 1. The monoisotopic (exact) mass is 278 g/mol. The molecule has 0 atom stereocenters. The van der Waals surface area contributed by atoms with Crippen molar-refractivity contribution < 1.29 is 19.4 Å². The molecule has 0 saturated heterocycles. The maximum Gasteiger partial charge on any atom is 0.336 e. The third-order valence-electron chi connectivity index (χ3n) is 2.36. The van der Waals surface area contributed by atoms with E-state index in [0.717, 1.165) is 0 Å². The van der Waals surface area contributed by atoms with Gasteiger partial charge in [0.15, 0.2) is 5.13 Å². The first-order valence-electron chi connectivity index (χ1n) is 5.24. The molecule has 19 heavy (non-hydrogen) atoms. The Hall–Kier alpha value is -2.41. The molecule has 0 radical (unpaired) electrons. The fourth-order valence-electron chi connectivity index (χ4n) is 1.56. The van der Waals surface area contributed by atoms with E-state index in [2.05, 4.69) is 10.3 Å². The summed E-state index contributed by atoms with van der Waals surface area (Å²) in [6.45, 7) is 0. The van der Waals surface area contributed by atoms with Gasteiger partial charge < -0.3 is 9.84 Å². The number of amides is 1. The van der Waals surface area contributed by atoms with E-state index in [1.165, 1.54) is 36.6 Å². The molecule has 0 bridgehead atoms. The maximum atomic E-state index is 12.1. The van der Waals surface area contributed by atoms with Crippen LogP contribution in [0.3, 0.4) is 0 Å². The Morgan fingerprint density at radius 3 is 2.79 bits per heavy atom. The molecule has 2 rings (SSSR count). The van der Waals surface area contributed by atoms with Crippen molar-refractivity contribution in [3.8, 4) is 5.75 Å². The van der Waals surface area contributed by atoms with E-state index >= 15 is 0 Å². The minimum absolute atomic E-state index is 0.0206. The number of thiazole rings is 1. The lowest BCUT2D eigenvalue weighted by molar-refractivity contribution is 0.0692. The van der Waals surface area contributed by atoms with E-state index in [1.807, 2.05) is 0 Å². The Morgan fingerprint density at radius 2 is 2.21 bits per heavy atom. The van der Waals surface area contributed by atoms with E-state index in [-0.39, 0.29) is 16.9 Å². The van der Waals surface area contributed by atoms with Crippen LogP contribution in [0.4, 0.5) is 5.13 Å². The van der Waals surface area contributed by atoms with Crippen molar-refractivity contribution in [1.29, 1.82) is 0 Å². The zero-order valence-corrected chi connectivity index (χ0v) is 10.7. The summed E-state index contributed by atoms with van der Waals surface area (Å²) in [4.78, 5) is 27.2. The maximum absolute atomic E-state index is 12.1. The highest BCUT2D eigenvalue weighted by atomic mass is 32.1. The van der Waals surface area contributed by atoms with Crippen molar-refractivity contribution in [3.05, 3.63) is 40.9 Å². The Balaban J connectivity index is 2.41. The van der Waals surface area contributed by atoms with Crippen molar-refractivity contribution in [1.82, 2.24) is 4.98 Å². The smallest absolute Gasteiger partial charge is 0.336 e. The predicted octanol–water partition coefficient (Wildman–Crippen LogP) is 2.10. The summed E-state index contributed by atoms with van der Waals surface area (Å²) in [6, 6.07) is 4.40. The number of carbonyl (C=O) groups excluding carboxylic acids is 1. The summed E-state index contributed by atoms with van der Waals surface area (Å²) < 4.78 is 5.04. The van der Waals surface area contributed by atoms with Gasteiger partial charge in [0.25, 0.3) is 5.91 Å². The third-order valence-corrected chi connectivity index (χ3v) is 3.04. The number of carboxylic acids is 1. The standard InChI is InChI=1S/C12H10N2O4S/c1-18-8-4-2-3-7(11(16)17)9(8)10(15)14-12-13-5-6-19-12/h2-6H,1H3,(H,16,17)(H,13,14,15). The molecule has 0 aliphatic heterocycles. The van der Waals surface area contributed by atoms with Crippen LogP contribution < -0.4 is 10.1 Å². The molecule has 1 aromatic heterocycles. The van der Waals surface area contributed by atoms with E-state index in [4.69, 9.17) is 9.84 Å². The SMILES string of the molecule is COc1cccc(C(=O)O)c1C(=O)Nc1nccs1. The number of benzene rings is 1. The third kappa shape index (κ3) is 2.71. The average molecular weight is 278 g/mol. The normalized spacial score (nSPS) is 9.95. The molecule has 6 nitrogen and oxygen atoms in total. The van der Waals surface area contributed by atoms with E-state index in [1.54, 1.807) is 11.6 Å². The summed E-state index contributed by atoms with van der Waals surface area (Å²) in [7, 11) is 1.38. The summed E-state index contributed by atoms with van der Waals surface area (Å²) >= 11 is 1.24. The van der Waals surface area contributed by atoms with Crippen LogP contribution in [0.15, 0.2) is 29.8 Å². The molecule has 0 aliphatic rings. The largest absolute Gasteiger partial charge is 0.496 e. The molecule has 98 valence electrons. The number of carbonyl (C=O) groups is 2. The van der Waals surface area contributed by atoms with Crippen LogP contribution in [-0.2, 0) is 0 Å². The van der Waals surface area contributed by atoms with E-state index in [0.29, 0.717) is 5.13 Å². The van der Waals surface area contributed by atoms with Gasteiger partial charge in [-0.05, 0) is 12.1 Å². The van der Waals surface area contributed by atoms with Gasteiger partial charge in [0.05, 0.1) is 18.2 Å². The second-order valence-corrected chi connectivity index (χ2v) is 4.37. The molecular formula is C12H10N2O4S. The van der Waals surface area contributed by atoms with Gasteiger partial charge in [-0.25, -0.2) is 9.78 Å². The number of aromatic carboxylic acids is 1. The van der Waals surface area contributed by atoms with Gasteiger partial charge in [-0.3, -0.25) is 10.1 Å². The van der Waals surface area contributed by atoms with Crippen LogP contribution in [-0.4, -0.2) is 29.1 Å². The van der Waals surface area contributed by atoms with Crippen LogP contribution in [0.25, 0.3) is 0 Å². The minimum Gasteiger partial charge on any atom is -0.496 e. The van der Waals surface area contributed by atoms with Gasteiger partial charge in [-0.15, -0.1) is 11.3 Å². The molecule has 1 amide bonds. The number of carboxylic acid groups (broad SMARTS) is 1. The number of methoxy groups -OCH3 is 1. The molecule has 0 spiro atoms.